The Kier molecular flexibility index (Phi) is 4.09. The zero-order valence-electron chi connectivity index (χ0n) is 11.6. The molecule has 110 valence electrons. The average molecular weight is 307 g/mol. The molecule has 0 bridgehead atoms. The molecule has 0 atom stereocenters. The zero-order valence-corrected chi connectivity index (χ0v) is 12.4. The van der Waals surface area contributed by atoms with E-state index in [4.69, 9.17) is 0 Å². The molecule has 0 amide bonds. The van der Waals surface area contributed by atoms with Crippen molar-refractivity contribution in [2.75, 3.05) is 4.72 Å². The van der Waals surface area contributed by atoms with Crippen LogP contribution in [0.25, 0.3) is 0 Å². The van der Waals surface area contributed by atoms with E-state index in [1.807, 2.05) is 0 Å². The molecule has 0 spiro atoms. The highest BCUT2D eigenvalue weighted by atomic mass is 32.2. The minimum Gasteiger partial charge on any atom is -0.295 e. The number of benzene rings is 2. The van der Waals surface area contributed by atoms with E-state index in [9.17, 15) is 17.6 Å². The van der Waals surface area contributed by atoms with Gasteiger partial charge in [0, 0.05) is 11.3 Å². The number of nitrogens with one attached hydrogen (secondary N) is 1. The molecule has 0 aliphatic rings. The first kappa shape index (κ1) is 15.2. The Bertz CT molecular complexity index is 800. The number of hydrogen-bond acceptors (Lipinski definition) is 3. The molecule has 2 aromatic rings. The minimum atomic E-state index is -3.83. The van der Waals surface area contributed by atoms with Crippen LogP contribution in [0.4, 0.5) is 10.1 Å². The highest BCUT2D eigenvalue weighted by Crippen LogP contribution is 2.20. The lowest BCUT2D eigenvalue weighted by atomic mass is 10.1. The molecule has 0 unspecified atom stereocenters. The summed E-state index contributed by atoms with van der Waals surface area (Å²) in [5.74, 6) is -0.654. The summed E-state index contributed by atoms with van der Waals surface area (Å²) in [5, 5.41) is 0. The summed E-state index contributed by atoms with van der Waals surface area (Å²) < 4.78 is 40.0. The number of sulfonamides is 1. The summed E-state index contributed by atoms with van der Waals surface area (Å²) in [5.41, 5.74) is 1.00. The number of carbonyl (C=O) groups is 1. The predicted molar refractivity (Wildman–Crippen MR) is 78.4 cm³/mol. The van der Waals surface area contributed by atoms with Crippen LogP contribution in [0, 0.1) is 12.7 Å². The molecular formula is C15H14FNO3S. The first-order chi connectivity index (χ1) is 9.79. The van der Waals surface area contributed by atoms with E-state index in [2.05, 4.69) is 4.72 Å². The molecule has 0 aromatic heterocycles. The van der Waals surface area contributed by atoms with E-state index in [0.29, 0.717) is 11.1 Å². The smallest absolute Gasteiger partial charge is 0.262 e. The van der Waals surface area contributed by atoms with Crippen molar-refractivity contribution in [3.63, 3.8) is 0 Å². The maximum Gasteiger partial charge on any atom is 0.262 e. The topological polar surface area (TPSA) is 63.2 Å². The van der Waals surface area contributed by atoms with Gasteiger partial charge < -0.3 is 0 Å². The molecule has 2 aromatic carbocycles. The third kappa shape index (κ3) is 3.46. The molecule has 4 nitrogen and oxygen atoms in total. The van der Waals surface area contributed by atoms with Crippen LogP contribution in [-0.2, 0) is 10.0 Å². The summed E-state index contributed by atoms with van der Waals surface area (Å²) in [4.78, 5) is 11.3. The van der Waals surface area contributed by atoms with Gasteiger partial charge in [0.15, 0.2) is 5.78 Å². The number of Topliss-reactive ketones (excluding diaryl/α,β-unsaturated/α-hetero) is 1. The SMILES string of the molecule is CC(=O)c1cccc(NS(=O)(=O)c2ccc(F)cc2C)c1. The Morgan fingerprint density at radius 2 is 1.86 bits per heavy atom. The van der Waals surface area contributed by atoms with Gasteiger partial charge in [-0.1, -0.05) is 12.1 Å². The summed E-state index contributed by atoms with van der Waals surface area (Å²) in [6.07, 6.45) is 0. The number of ketones is 1. The van der Waals surface area contributed by atoms with Gasteiger partial charge in [-0.05, 0) is 49.7 Å². The number of rotatable bonds is 4. The summed E-state index contributed by atoms with van der Waals surface area (Å²) in [6.45, 7) is 2.92. The van der Waals surface area contributed by atoms with Gasteiger partial charge in [0.05, 0.1) is 4.90 Å². The molecule has 0 heterocycles. The van der Waals surface area contributed by atoms with E-state index in [0.717, 1.165) is 12.1 Å². The Balaban J connectivity index is 2.37. The molecule has 6 heteroatoms. The summed E-state index contributed by atoms with van der Waals surface area (Å²) in [7, 11) is -3.83. The Morgan fingerprint density at radius 1 is 1.14 bits per heavy atom. The van der Waals surface area contributed by atoms with Crippen LogP contribution in [-0.4, -0.2) is 14.2 Å². The van der Waals surface area contributed by atoms with Crippen LogP contribution in [0.15, 0.2) is 47.4 Å². The van der Waals surface area contributed by atoms with Crippen LogP contribution < -0.4 is 4.72 Å². The number of halogens is 1. The maximum atomic E-state index is 13.1. The molecule has 0 saturated carbocycles. The number of carbonyl (C=O) groups excluding carboxylic acids is 1. The normalized spacial score (nSPS) is 11.2. The minimum absolute atomic E-state index is 0.00266. The Morgan fingerprint density at radius 3 is 2.48 bits per heavy atom. The lowest BCUT2D eigenvalue weighted by molar-refractivity contribution is 0.101. The van der Waals surface area contributed by atoms with Crippen molar-refractivity contribution in [1.29, 1.82) is 0 Å². The van der Waals surface area contributed by atoms with Gasteiger partial charge >= 0.3 is 0 Å². The van der Waals surface area contributed by atoms with E-state index in [1.54, 1.807) is 18.2 Å². The van der Waals surface area contributed by atoms with Gasteiger partial charge in [-0.15, -0.1) is 0 Å². The fourth-order valence-corrected chi connectivity index (χ4v) is 3.20. The van der Waals surface area contributed by atoms with E-state index < -0.39 is 15.8 Å². The van der Waals surface area contributed by atoms with Crippen LogP contribution in [0.3, 0.4) is 0 Å². The number of anilines is 1. The molecule has 0 aliphatic heterocycles. The van der Waals surface area contributed by atoms with Crippen molar-refractivity contribution in [3.05, 3.63) is 59.4 Å². The second kappa shape index (κ2) is 5.65. The molecular weight excluding hydrogens is 293 g/mol. The lowest BCUT2D eigenvalue weighted by Gasteiger charge is -2.11. The van der Waals surface area contributed by atoms with Crippen molar-refractivity contribution >= 4 is 21.5 Å². The maximum absolute atomic E-state index is 13.1. The average Bonchev–Trinajstić information content (AvgIpc) is 2.37. The van der Waals surface area contributed by atoms with E-state index in [1.165, 1.54) is 26.0 Å². The van der Waals surface area contributed by atoms with Crippen LogP contribution in [0.2, 0.25) is 0 Å². The van der Waals surface area contributed by atoms with Gasteiger partial charge in [-0.2, -0.15) is 0 Å². The largest absolute Gasteiger partial charge is 0.295 e. The van der Waals surface area contributed by atoms with E-state index >= 15 is 0 Å². The van der Waals surface area contributed by atoms with Gasteiger partial charge in [0.1, 0.15) is 5.82 Å². The summed E-state index contributed by atoms with van der Waals surface area (Å²) in [6, 6.07) is 9.65. The van der Waals surface area contributed by atoms with Crippen molar-refractivity contribution in [3.8, 4) is 0 Å². The third-order valence-electron chi connectivity index (χ3n) is 2.95. The van der Waals surface area contributed by atoms with Crippen LogP contribution in [0.5, 0.6) is 0 Å². The fourth-order valence-electron chi connectivity index (χ4n) is 1.93. The van der Waals surface area contributed by atoms with Crippen molar-refractivity contribution in [1.82, 2.24) is 0 Å². The molecule has 0 aliphatic carbocycles. The molecule has 21 heavy (non-hydrogen) atoms. The Labute approximate surface area is 122 Å². The predicted octanol–water partition coefficient (Wildman–Crippen LogP) is 3.14. The van der Waals surface area contributed by atoms with Gasteiger partial charge in [0.2, 0.25) is 0 Å². The molecule has 1 N–H and O–H groups in total. The fraction of sp³-hybridized carbons (Fsp3) is 0.133. The van der Waals surface area contributed by atoms with Crippen molar-refractivity contribution in [2.24, 2.45) is 0 Å². The second-order valence-electron chi connectivity index (χ2n) is 4.65. The highest BCUT2D eigenvalue weighted by molar-refractivity contribution is 7.92. The highest BCUT2D eigenvalue weighted by Gasteiger charge is 2.17. The molecule has 0 saturated heterocycles. The number of hydrogen-bond donors (Lipinski definition) is 1. The third-order valence-corrected chi connectivity index (χ3v) is 4.49. The van der Waals surface area contributed by atoms with E-state index in [-0.39, 0.29) is 16.4 Å². The standard InChI is InChI=1S/C15H14FNO3S/c1-10-8-13(16)6-7-15(10)21(19,20)17-14-5-3-4-12(9-14)11(2)18/h3-9,17H,1-2H3. The Hall–Kier alpha value is -2.21. The number of aryl methyl sites for hydroxylation is 1. The first-order valence-electron chi connectivity index (χ1n) is 6.19. The van der Waals surface area contributed by atoms with Crippen LogP contribution in [0.1, 0.15) is 22.8 Å². The van der Waals surface area contributed by atoms with Gasteiger partial charge in [-0.25, -0.2) is 12.8 Å². The monoisotopic (exact) mass is 307 g/mol. The van der Waals surface area contributed by atoms with Gasteiger partial charge in [-0.3, -0.25) is 9.52 Å². The molecule has 2 rings (SSSR count). The van der Waals surface area contributed by atoms with Crippen LogP contribution >= 0.6 is 0 Å². The second-order valence-corrected chi connectivity index (χ2v) is 6.30. The van der Waals surface area contributed by atoms with Gasteiger partial charge in [0.25, 0.3) is 10.0 Å². The zero-order chi connectivity index (χ0) is 15.6. The van der Waals surface area contributed by atoms with Crippen molar-refractivity contribution in [2.45, 2.75) is 18.7 Å². The molecule has 0 radical (unpaired) electrons. The summed E-state index contributed by atoms with van der Waals surface area (Å²) >= 11 is 0. The lowest BCUT2D eigenvalue weighted by Crippen LogP contribution is -2.14. The molecule has 0 fully saturated rings. The first-order valence-corrected chi connectivity index (χ1v) is 7.68. The van der Waals surface area contributed by atoms with Crippen molar-refractivity contribution < 1.29 is 17.6 Å². The quantitative estimate of drug-likeness (QED) is 0.883.